The van der Waals surface area contributed by atoms with E-state index in [4.69, 9.17) is 1.37 Å². The van der Waals surface area contributed by atoms with Gasteiger partial charge in [-0.05, 0) is 33.4 Å². The molecule has 0 spiro atoms. The second-order valence-electron chi connectivity index (χ2n) is 7.11. The molecule has 1 aromatic heterocycles. The molecular weight excluding hydrogens is 206 g/mol. The van der Waals surface area contributed by atoms with Gasteiger partial charge in [0.1, 0.15) is 0 Å². The number of hydrogen-bond acceptors (Lipinski definition) is 1. The smallest absolute Gasteiger partial charge is 0.0347 e. The molecule has 0 bridgehead atoms. The maximum Gasteiger partial charge on any atom is 0.0347 e. The van der Waals surface area contributed by atoms with Crippen LogP contribution in [0, 0.1) is 0 Å². The Balaban J connectivity index is 3.68. The van der Waals surface area contributed by atoms with Gasteiger partial charge in [-0.15, -0.1) is 0 Å². The van der Waals surface area contributed by atoms with Gasteiger partial charge in [0.05, 0.1) is 0 Å². The fraction of sp³-hybridized carbons (Fsp3) is 0.688. The molecule has 0 saturated heterocycles. The highest BCUT2D eigenvalue weighted by Gasteiger charge is 2.28. The molecule has 0 fully saturated rings. The molecule has 0 aliphatic rings. The van der Waals surface area contributed by atoms with Gasteiger partial charge in [0.2, 0.25) is 0 Å². The lowest BCUT2D eigenvalue weighted by Gasteiger charge is -2.32. The zero-order chi connectivity index (χ0) is 14.4. The van der Waals surface area contributed by atoms with Crippen molar-refractivity contribution >= 4 is 0 Å². The highest BCUT2D eigenvalue weighted by Crippen LogP contribution is 2.37. The van der Waals surface area contributed by atoms with E-state index in [1.165, 1.54) is 11.1 Å². The van der Waals surface area contributed by atoms with Crippen molar-refractivity contribution in [3.8, 4) is 0 Å². The Morgan fingerprint density at radius 2 is 1.53 bits per heavy atom. The lowest BCUT2D eigenvalue weighted by molar-refractivity contribution is 0.518. The summed E-state index contributed by atoms with van der Waals surface area (Å²) in [5, 5.41) is 0. The molecule has 0 unspecified atom stereocenters. The summed E-state index contributed by atoms with van der Waals surface area (Å²) in [6.07, 6.45) is 3.83. The van der Waals surface area contributed by atoms with Crippen molar-refractivity contribution in [2.24, 2.45) is 0 Å². The van der Waals surface area contributed by atoms with Crippen LogP contribution in [0.3, 0.4) is 0 Å². The first-order valence-corrected chi connectivity index (χ1v) is 6.34. The number of aromatic nitrogens is 1. The van der Waals surface area contributed by atoms with Crippen molar-refractivity contribution < 1.29 is 1.37 Å². The topological polar surface area (TPSA) is 12.9 Å². The van der Waals surface area contributed by atoms with Crippen molar-refractivity contribution in [3.63, 3.8) is 0 Å². The first-order valence-electron chi connectivity index (χ1n) is 6.84. The second-order valence-corrected chi connectivity index (χ2v) is 7.11. The molecule has 1 rings (SSSR count). The summed E-state index contributed by atoms with van der Waals surface area (Å²) < 4.78 is 8.35. The molecule has 0 N–H and O–H groups in total. The summed E-state index contributed by atoms with van der Waals surface area (Å²) in [5.41, 5.74) is 3.66. The highest BCUT2D eigenvalue weighted by atomic mass is 14.6. The minimum Gasteiger partial charge on any atom is -0.264 e. The van der Waals surface area contributed by atoms with Gasteiger partial charge in [-0.2, -0.15) is 0 Å². The van der Waals surface area contributed by atoms with Crippen molar-refractivity contribution in [1.29, 1.82) is 0 Å². The minimum atomic E-state index is -0.614. The van der Waals surface area contributed by atoms with Crippen LogP contribution in [0.25, 0.3) is 0 Å². The first-order chi connectivity index (χ1) is 7.85. The molecule has 0 amide bonds. The monoisotopic (exact) mass is 234 g/mol. The Morgan fingerprint density at radius 3 is 1.88 bits per heavy atom. The van der Waals surface area contributed by atoms with Crippen molar-refractivity contribution in [2.45, 2.75) is 72.1 Å². The fourth-order valence-corrected chi connectivity index (χ4v) is 2.22. The molecule has 0 aliphatic heterocycles. The van der Waals surface area contributed by atoms with Gasteiger partial charge in [0.15, 0.2) is 0 Å². The predicted octanol–water partition coefficient (Wildman–Crippen LogP) is 4.80. The van der Waals surface area contributed by atoms with Gasteiger partial charge >= 0.3 is 0 Å². The molecule has 1 nitrogen and oxygen atoms in total. The average molecular weight is 234 g/mol. The van der Waals surface area contributed by atoms with Crippen LogP contribution in [0.4, 0.5) is 0 Å². The Bertz CT molecular complexity index is 396. The molecule has 0 aromatic carbocycles. The van der Waals surface area contributed by atoms with E-state index >= 15 is 0 Å². The van der Waals surface area contributed by atoms with Gasteiger partial charge in [-0.25, -0.2) is 0 Å². The van der Waals surface area contributed by atoms with Crippen LogP contribution in [0.15, 0.2) is 12.4 Å². The largest absolute Gasteiger partial charge is 0.264 e. The average Bonchev–Trinajstić information content (AvgIpc) is 2.12. The van der Waals surface area contributed by atoms with Crippen LogP contribution in [0.5, 0.6) is 0 Å². The van der Waals surface area contributed by atoms with Gasteiger partial charge in [-0.1, -0.05) is 55.4 Å². The molecule has 1 heterocycles. The number of pyridine rings is 1. The number of nitrogens with zero attached hydrogens (tertiary/aromatic N) is 1. The zero-order valence-electron chi connectivity index (χ0n) is 13.6. The maximum absolute atomic E-state index is 8.35. The third-order valence-electron chi connectivity index (χ3n) is 3.04. The van der Waals surface area contributed by atoms with E-state index in [2.05, 4.69) is 46.5 Å². The standard InChI is InChI=1S/C16H27N/c1-11(2)12-9-17-10-13(15(3,4)5)14(12)16(6,7)8/h9-11H,1-8H3/i11D. The van der Waals surface area contributed by atoms with Gasteiger partial charge in [-0.3, -0.25) is 4.98 Å². The second kappa shape index (κ2) is 4.44. The van der Waals surface area contributed by atoms with E-state index in [0.717, 1.165) is 5.56 Å². The number of hydrogen-bond donors (Lipinski definition) is 0. The molecule has 0 atom stereocenters. The van der Waals surface area contributed by atoms with Crippen LogP contribution >= 0.6 is 0 Å². The Morgan fingerprint density at radius 1 is 1.00 bits per heavy atom. The summed E-state index contributed by atoms with van der Waals surface area (Å²) in [7, 11) is 0. The normalized spacial score (nSPS) is 14.7. The van der Waals surface area contributed by atoms with Gasteiger partial charge in [0.25, 0.3) is 0 Å². The summed E-state index contributed by atoms with van der Waals surface area (Å²) >= 11 is 0. The van der Waals surface area contributed by atoms with E-state index in [1.807, 2.05) is 26.2 Å². The first kappa shape index (κ1) is 12.6. The molecule has 0 radical (unpaired) electrons. The SMILES string of the molecule is [2H]C(C)(C)c1cncc(C(C)(C)C)c1C(C)(C)C. The summed E-state index contributed by atoms with van der Waals surface area (Å²) in [6.45, 7) is 17.1. The predicted molar refractivity (Wildman–Crippen MR) is 75.7 cm³/mol. The fourth-order valence-electron chi connectivity index (χ4n) is 2.22. The van der Waals surface area contributed by atoms with E-state index in [9.17, 15) is 0 Å². The summed E-state index contributed by atoms with van der Waals surface area (Å²) in [6, 6.07) is 0. The molecule has 96 valence electrons. The Kier molecular flexibility index (Phi) is 3.29. The molecule has 0 saturated carbocycles. The summed E-state index contributed by atoms with van der Waals surface area (Å²) in [5.74, 6) is -0.614. The van der Waals surface area contributed by atoms with Crippen molar-refractivity contribution in [3.05, 3.63) is 29.1 Å². The molecule has 1 heteroatoms. The van der Waals surface area contributed by atoms with E-state index < -0.39 is 5.89 Å². The maximum atomic E-state index is 8.35. The Hall–Kier alpha value is -0.850. The zero-order valence-corrected chi connectivity index (χ0v) is 12.6. The van der Waals surface area contributed by atoms with Crippen LogP contribution in [-0.4, -0.2) is 4.98 Å². The minimum absolute atomic E-state index is 0.0270. The van der Waals surface area contributed by atoms with Crippen molar-refractivity contribution in [2.75, 3.05) is 0 Å². The molecular formula is C16H27N. The lowest BCUT2D eigenvalue weighted by atomic mass is 9.73. The third-order valence-corrected chi connectivity index (χ3v) is 3.04. The van der Waals surface area contributed by atoms with E-state index in [1.54, 1.807) is 0 Å². The van der Waals surface area contributed by atoms with Gasteiger partial charge in [0, 0.05) is 13.8 Å². The van der Waals surface area contributed by atoms with E-state index in [0.29, 0.717) is 0 Å². The quantitative estimate of drug-likeness (QED) is 0.680. The van der Waals surface area contributed by atoms with Crippen LogP contribution in [-0.2, 0) is 10.8 Å². The van der Waals surface area contributed by atoms with Gasteiger partial charge < -0.3 is 0 Å². The van der Waals surface area contributed by atoms with Crippen LogP contribution in [0.1, 0.15) is 79.3 Å². The third kappa shape index (κ3) is 3.08. The Labute approximate surface area is 108 Å². The van der Waals surface area contributed by atoms with Crippen molar-refractivity contribution in [1.82, 2.24) is 4.98 Å². The highest BCUT2D eigenvalue weighted by molar-refractivity contribution is 5.42. The van der Waals surface area contributed by atoms with E-state index in [-0.39, 0.29) is 10.8 Å². The van der Waals surface area contributed by atoms with Crippen LogP contribution in [0.2, 0.25) is 0 Å². The summed E-state index contributed by atoms with van der Waals surface area (Å²) in [4.78, 5) is 4.37. The lowest BCUT2D eigenvalue weighted by Crippen LogP contribution is -2.24. The van der Waals surface area contributed by atoms with Crippen LogP contribution < -0.4 is 0 Å². The molecule has 1 aromatic rings. The molecule has 17 heavy (non-hydrogen) atoms. The molecule has 0 aliphatic carbocycles. The number of rotatable bonds is 1.